The summed E-state index contributed by atoms with van der Waals surface area (Å²) in [5.74, 6) is -0.521. The zero-order valence-electron chi connectivity index (χ0n) is 27.9. The van der Waals surface area contributed by atoms with Crippen molar-refractivity contribution in [1.29, 1.82) is 0 Å². The molecule has 4 atom stereocenters. The summed E-state index contributed by atoms with van der Waals surface area (Å²) in [6, 6.07) is 31.5. The number of aliphatic hydroxyl groups is 1. The lowest BCUT2D eigenvalue weighted by atomic mass is 9.97. The van der Waals surface area contributed by atoms with Gasteiger partial charge in [0.15, 0.2) is 11.4 Å². The van der Waals surface area contributed by atoms with Gasteiger partial charge in [0.2, 0.25) is 0 Å². The number of amides is 2. The molecule has 1 fully saturated rings. The average molecular weight is 730 g/mol. The van der Waals surface area contributed by atoms with Gasteiger partial charge in [-0.25, -0.2) is 14.6 Å². The molecule has 5 aromatic rings. The Morgan fingerprint density at radius 1 is 0.922 bits per heavy atom. The maximum absolute atomic E-state index is 12.9. The van der Waals surface area contributed by atoms with Crippen molar-refractivity contribution in [2.24, 2.45) is 0 Å². The van der Waals surface area contributed by atoms with Crippen LogP contribution >= 0.6 is 23.2 Å². The van der Waals surface area contributed by atoms with E-state index in [0.29, 0.717) is 24.5 Å². The lowest BCUT2D eigenvalue weighted by Gasteiger charge is -2.36. The van der Waals surface area contributed by atoms with Gasteiger partial charge in [-0.1, -0.05) is 126 Å². The number of aromatic nitrogens is 2. The Morgan fingerprint density at radius 2 is 1.63 bits per heavy atom. The van der Waals surface area contributed by atoms with Crippen molar-refractivity contribution in [1.82, 2.24) is 20.2 Å². The first-order valence-corrected chi connectivity index (χ1v) is 17.3. The Labute approximate surface area is 306 Å². The number of hydrogen-bond acceptors (Lipinski definition) is 7. The molecule has 0 aliphatic carbocycles. The zero-order valence-corrected chi connectivity index (χ0v) is 29.4. The summed E-state index contributed by atoms with van der Waals surface area (Å²) in [5.41, 5.74) is 6.30. The number of rotatable bonds is 12. The number of nitrogens with zero attached hydrogens (tertiary/aromatic N) is 2. The van der Waals surface area contributed by atoms with Crippen LogP contribution in [0, 0.1) is 0 Å². The summed E-state index contributed by atoms with van der Waals surface area (Å²) in [6.07, 6.45) is 1.26. The van der Waals surface area contributed by atoms with Crippen molar-refractivity contribution in [2.75, 3.05) is 7.11 Å². The van der Waals surface area contributed by atoms with Crippen LogP contribution < -0.4 is 10.6 Å². The van der Waals surface area contributed by atoms with E-state index in [2.05, 4.69) is 15.6 Å². The second kappa shape index (κ2) is 17.0. The quantitative estimate of drug-likeness (QED) is 0.116. The van der Waals surface area contributed by atoms with Gasteiger partial charge in [0, 0.05) is 24.9 Å². The van der Waals surface area contributed by atoms with Crippen LogP contribution in [0.15, 0.2) is 109 Å². The molecule has 0 spiro atoms. The number of benzene rings is 4. The fourth-order valence-electron chi connectivity index (χ4n) is 6.07. The molecular formula is C39H38Cl2N4O6. The van der Waals surface area contributed by atoms with E-state index in [0.717, 1.165) is 38.9 Å². The SMILES string of the molecule is COC(=O)C(Cc1ccccc1)NC(=O)NCc1ccccc1-c1ccc(C2OC(Cn3cnc(Cl)c3Cl)CC(c3ccc(CO)cc3)O2)cc1. The zero-order chi connectivity index (χ0) is 35.7. The molecule has 1 aliphatic rings. The highest BCUT2D eigenvalue weighted by molar-refractivity contribution is 6.40. The van der Waals surface area contributed by atoms with E-state index in [1.165, 1.54) is 7.11 Å². The molecule has 0 radical (unpaired) electrons. The van der Waals surface area contributed by atoms with Gasteiger partial charge in [0.25, 0.3) is 0 Å². The molecular weight excluding hydrogens is 691 g/mol. The first kappa shape index (κ1) is 36.1. The topological polar surface area (TPSA) is 124 Å². The number of esters is 1. The standard InChI is InChI=1S/C39H38Cl2N4O6/c1-49-37(47)33(19-25-7-3-2-4-8-25)44-39(48)42-21-30-9-5-6-10-32(30)27-15-17-29(18-16-27)38-50-31(22-45-24-43-35(40)36(45)41)20-34(51-38)28-13-11-26(23-46)12-14-28/h2-18,24,31,33-34,38,46H,19-23H2,1H3,(H2,42,44,48). The second-order valence-corrected chi connectivity index (χ2v) is 12.9. The molecule has 12 heteroatoms. The smallest absolute Gasteiger partial charge is 0.328 e. The summed E-state index contributed by atoms with van der Waals surface area (Å²) < 4.78 is 19.7. The number of nitrogens with one attached hydrogen (secondary N) is 2. The lowest BCUT2D eigenvalue weighted by molar-refractivity contribution is -0.252. The van der Waals surface area contributed by atoms with Gasteiger partial charge < -0.3 is 34.5 Å². The van der Waals surface area contributed by atoms with Crippen LogP contribution in [0.3, 0.4) is 0 Å². The minimum atomic E-state index is -0.835. The third kappa shape index (κ3) is 9.15. The van der Waals surface area contributed by atoms with Crippen molar-refractivity contribution in [3.63, 3.8) is 0 Å². The average Bonchev–Trinajstić information content (AvgIpc) is 3.49. The van der Waals surface area contributed by atoms with Gasteiger partial charge in [-0.3, -0.25) is 0 Å². The minimum Gasteiger partial charge on any atom is -0.467 e. The maximum Gasteiger partial charge on any atom is 0.328 e. The third-order valence-corrected chi connectivity index (χ3v) is 9.54. The summed E-state index contributed by atoms with van der Waals surface area (Å²) in [4.78, 5) is 29.5. The molecule has 1 saturated heterocycles. The number of halogens is 2. The minimum absolute atomic E-state index is 0.0383. The van der Waals surface area contributed by atoms with Crippen molar-refractivity contribution >= 4 is 35.2 Å². The van der Waals surface area contributed by atoms with Gasteiger partial charge in [-0.15, -0.1) is 0 Å². The van der Waals surface area contributed by atoms with Crippen molar-refractivity contribution in [2.45, 2.75) is 57.1 Å². The van der Waals surface area contributed by atoms with E-state index in [1.807, 2.05) is 103 Å². The fraction of sp³-hybridized carbons (Fsp3) is 0.256. The number of urea groups is 1. The van der Waals surface area contributed by atoms with Crippen LogP contribution in [0.5, 0.6) is 0 Å². The van der Waals surface area contributed by atoms with Crippen LogP contribution in [0.25, 0.3) is 11.1 Å². The number of methoxy groups -OCH3 is 1. The van der Waals surface area contributed by atoms with E-state index < -0.39 is 24.3 Å². The number of imidazole rings is 1. The molecule has 3 N–H and O–H groups in total. The van der Waals surface area contributed by atoms with Gasteiger partial charge in [-0.2, -0.15) is 0 Å². The molecule has 4 unspecified atom stereocenters. The first-order valence-electron chi connectivity index (χ1n) is 16.5. The van der Waals surface area contributed by atoms with Gasteiger partial charge >= 0.3 is 12.0 Å². The predicted molar refractivity (Wildman–Crippen MR) is 194 cm³/mol. The Hall–Kier alpha value is -4.71. The first-order chi connectivity index (χ1) is 24.8. The number of ether oxygens (including phenoxy) is 3. The summed E-state index contributed by atoms with van der Waals surface area (Å²) in [6.45, 7) is 0.628. The van der Waals surface area contributed by atoms with Gasteiger partial charge in [-0.05, 0) is 33.4 Å². The molecule has 4 aromatic carbocycles. The number of carbonyl (C=O) groups excluding carboxylic acids is 2. The molecule has 0 bridgehead atoms. The Balaban J connectivity index is 1.15. The lowest BCUT2D eigenvalue weighted by Crippen LogP contribution is -2.47. The number of hydrogen-bond donors (Lipinski definition) is 3. The molecule has 1 aromatic heterocycles. The van der Waals surface area contributed by atoms with Crippen LogP contribution in [0.4, 0.5) is 4.79 Å². The van der Waals surface area contributed by atoms with E-state index in [9.17, 15) is 14.7 Å². The van der Waals surface area contributed by atoms with Crippen LogP contribution in [-0.2, 0) is 45.1 Å². The van der Waals surface area contributed by atoms with Gasteiger partial charge in [0.1, 0.15) is 11.2 Å². The summed E-state index contributed by atoms with van der Waals surface area (Å²) in [5, 5.41) is 15.7. The van der Waals surface area contributed by atoms with E-state index in [1.54, 1.807) is 10.9 Å². The molecule has 2 heterocycles. The molecule has 6 rings (SSSR count). The molecule has 1 aliphatic heterocycles. The number of carbonyl (C=O) groups is 2. The third-order valence-electron chi connectivity index (χ3n) is 8.77. The number of aliphatic hydroxyl groups excluding tert-OH is 1. The largest absolute Gasteiger partial charge is 0.467 e. The molecule has 264 valence electrons. The Morgan fingerprint density at radius 3 is 2.31 bits per heavy atom. The maximum atomic E-state index is 12.9. The van der Waals surface area contributed by atoms with Crippen LogP contribution in [0.2, 0.25) is 10.3 Å². The highest BCUT2D eigenvalue weighted by atomic mass is 35.5. The second-order valence-electron chi connectivity index (χ2n) is 12.2. The molecule has 10 nitrogen and oxygen atoms in total. The van der Waals surface area contributed by atoms with Gasteiger partial charge in [0.05, 0.1) is 38.8 Å². The van der Waals surface area contributed by atoms with Crippen LogP contribution in [0.1, 0.15) is 46.6 Å². The van der Waals surface area contributed by atoms with Crippen LogP contribution in [-0.4, -0.2) is 45.9 Å². The Bertz CT molecular complexity index is 1920. The summed E-state index contributed by atoms with van der Waals surface area (Å²) in [7, 11) is 1.30. The highest BCUT2D eigenvalue weighted by Gasteiger charge is 2.33. The Kier molecular flexibility index (Phi) is 12.0. The predicted octanol–water partition coefficient (Wildman–Crippen LogP) is 7.18. The van der Waals surface area contributed by atoms with Crippen molar-refractivity contribution in [3.8, 4) is 11.1 Å². The molecule has 0 saturated carbocycles. The van der Waals surface area contributed by atoms with E-state index >= 15 is 0 Å². The van der Waals surface area contributed by atoms with E-state index in [-0.39, 0.29) is 30.5 Å². The summed E-state index contributed by atoms with van der Waals surface area (Å²) >= 11 is 12.5. The highest BCUT2D eigenvalue weighted by Crippen LogP contribution is 2.39. The van der Waals surface area contributed by atoms with E-state index in [4.69, 9.17) is 37.4 Å². The monoisotopic (exact) mass is 728 g/mol. The normalized spacial score (nSPS) is 17.8. The fourth-order valence-corrected chi connectivity index (χ4v) is 6.38. The van der Waals surface area contributed by atoms with Crippen molar-refractivity contribution < 1.29 is 28.9 Å². The molecule has 2 amide bonds. The van der Waals surface area contributed by atoms with Crippen molar-refractivity contribution in [3.05, 3.63) is 148 Å². The molecule has 51 heavy (non-hydrogen) atoms.